The van der Waals surface area contributed by atoms with E-state index >= 15 is 0 Å². The molecule has 0 saturated carbocycles. The Bertz CT molecular complexity index is 240. The van der Waals surface area contributed by atoms with Crippen molar-refractivity contribution in [2.24, 2.45) is 5.73 Å². The van der Waals surface area contributed by atoms with Gasteiger partial charge in [0.1, 0.15) is 13.7 Å². The highest BCUT2D eigenvalue weighted by Gasteiger charge is 2.00. The molecule has 0 spiro atoms. The van der Waals surface area contributed by atoms with Crippen LogP contribution in [0, 0.1) is 5.82 Å². The van der Waals surface area contributed by atoms with E-state index < -0.39 is 0 Å². The third-order valence-electron chi connectivity index (χ3n) is 1.47. The van der Waals surface area contributed by atoms with Crippen LogP contribution in [0.2, 0.25) is 0 Å². The zero-order chi connectivity index (χ0) is 8.43. The van der Waals surface area contributed by atoms with Crippen molar-refractivity contribution < 1.29 is 4.39 Å². The van der Waals surface area contributed by atoms with Gasteiger partial charge in [-0.05, 0) is 24.6 Å². The van der Waals surface area contributed by atoms with Gasteiger partial charge in [-0.1, -0.05) is 11.5 Å². The number of halogens is 1. The van der Waals surface area contributed by atoms with E-state index in [4.69, 9.17) is 13.6 Å². The molecule has 0 bridgehead atoms. The number of nitrogens with two attached hydrogens (primary N) is 1. The summed E-state index contributed by atoms with van der Waals surface area (Å²) in [6.45, 7) is 1.79. The molecule has 0 unspecified atom stereocenters. The molecule has 0 saturated heterocycles. The minimum Gasteiger partial charge on any atom is -0.324 e. The van der Waals surface area contributed by atoms with Gasteiger partial charge in [-0.3, -0.25) is 0 Å². The molecule has 56 valence electrons. The van der Waals surface area contributed by atoms with Gasteiger partial charge in [0, 0.05) is 6.04 Å². The molecule has 1 atom stereocenters. The first-order valence-electron chi connectivity index (χ1n) is 3.41. The third kappa shape index (κ3) is 2.05. The molecule has 1 nitrogen and oxygen atoms in total. The quantitative estimate of drug-likeness (QED) is 0.582. The molecule has 0 aliphatic heterocycles. The van der Waals surface area contributed by atoms with Crippen LogP contribution in [0.1, 0.15) is 18.5 Å². The second kappa shape index (κ2) is 3.05. The maximum absolute atomic E-state index is 12.7. The molecule has 1 rings (SSSR count). The van der Waals surface area contributed by atoms with Gasteiger partial charge in [0.2, 0.25) is 0 Å². The summed E-state index contributed by atoms with van der Waals surface area (Å²) >= 11 is 0. The average molecular weight is 149 g/mol. The van der Waals surface area contributed by atoms with E-state index in [1.807, 2.05) is 0 Å². The van der Waals surface area contributed by atoms with E-state index in [1.54, 1.807) is 13.0 Å². The summed E-state index contributed by atoms with van der Waals surface area (Å²) in [6, 6.07) is 4.16. The molecule has 2 N–H and O–H groups in total. The minimum absolute atomic E-state index is 0.173. The largest absolute Gasteiger partial charge is 0.324 e. The second-order valence-electron chi connectivity index (χ2n) is 2.61. The lowest BCUT2D eigenvalue weighted by Crippen LogP contribution is -2.11. The van der Waals surface area contributed by atoms with Gasteiger partial charge < -0.3 is 5.73 Å². The van der Waals surface area contributed by atoms with Crippen molar-refractivity contribution in [1.82, 2.24) is 0 Å². The SMILES string of the molecule is [B]c1cc(F)cc([C@@H](C)N)c1. The van der Waals surface area contributed by atoms with Crippen molar-refractivity contribution in [3.05, 3.63) is 29.6 Å². The first kappa shape index (κ1) is 8.27. The summed E-state index contributed by atoms with van der Waals surface area (Å²) < 4.78 is 12.7. The molecule has 0 amide bonds. The first-order chi connectivity index (χ1) is 5.09. The fourth-order valence-corrected chi connectivity index (χ4v) is 0.899. The Hall–Kier alpha value is -0.825. The Kier molecular flexibility index (Phi) is 2.30. The lowest BCUT2D eigenvalue weighted by atomic mass is 9.93. The second-order valence-corrected chi connectivity index (χ2v) is 2.61. The van der Waals surface area contributed by atoms with Gasteiger partial charge in [-0.25, -0.2) is 4.39 Å². The first-order valence-corrected chi connectivity index (χ1v) is 3.41. The zero-order valence-electron chi connectivity index (χ0n) is 6.34. The molecule has 0 aliphatic rings. The van der Waals surface area contributed by atoms with E-state index in [1.165, 1.54) is 12.1 Å². The van der Waals surface area contributed by atoms with Gasteiger partial charge in [-0.2, -0.15) is 0 Å². The highest BCUT2D eigenvalue weighted by atomic mass is 19.1. The van der Waals surface area contributed by atoms with Crippen molar-refractivity contribution in [2.45, 2.75) is 13.0 Å². The van der Waals surface area contributed by atoms with Crippen LogP contribution in [0.3, 0.4) is 0 Å². The van der Waals surface area contributed by atoms with Crippen molar-refractivity contribution in [3.8, 4) is 0 Å². The van der Waals surface area contributed by atoms with Gasteiger partial charge >= 0.3 is 0 Å². The smallest absolute Gasteiger partial charge is 0.122 e. The molecule has 11 heavy (non-hydrogen) atoms. The number of rotatable bonds is 1. The van der Waals surface area contributed by atoms with E-state index in [2.05, 4.69) is 0 Å². The summed E-state index contributed by atoms with van der Waals surface area (Å²) in [6.07, 6.45) is 0. The standard InChI is InChI=1S/C8H9BFN/c1-5(11)6-2-7(9)4-8(10)3-6/h2-5H,11H2,1H3/t5-/m1/s1. The molecule has 0 aliphatic carbocycles. The van der Waals surface area contributed by atoms with Crippen molar-refractivity contribution in [2.75, 3.05) is 0 Å². The number of hydrogen-bond donors (Lipinski definition) is 1. The van der Waals surface area contributed by atoms with Crippen molar-refractivity contribution in [3.63, 3.8) is 0 Å². The fraction of sp³-hybridized carbons (Fsp3) is 0.250. The zero-order valence-corrected chi connectivity index (χ0v) is 6.34. The summed E-state index contributed by atoms with van der Waals surface area (Å²) in [5, 5.41) is 0. The van der Waals surface area contributed by atoms with Crippen LogP contribution in [-0.4, -0.2) is 7.85 Å². The Labute approximate surface area is 66.8 Å². The molecule has 2 radical (unpaired) electrons. The Balaban J connectivity index is 3.08. The summed E-state index contributed by atoms with van der Waals surface area (Å²) in [4.78, 5) is 0. The van der Waals surface area contributed by atoms with E-state index in [0.29, 0.717) is 5.46 Å². The van der Waals surface area contributed by atoms with Gasteiger partial charge in [0.05, 0.1) is 0 Å². The van der Waals surface area contributed by atoms with Crippen LogP contribution in [-0.2, 0) is 0 Å². The monoisotopic (exact) mass is 149 g/mol. The number of benzene rings is 1. The molecule has 0 heterocycles. The molecular formula is C8H9BFN. The van der Waals surface area contributed by atoms with Crippen LogP contribution < -0.4 is 11.2 Å². The van der Waals surface area contributed by atoms with Crippen LogP contribution in [0.5, 0.6) is 0 Å². The van der Waals surface area contributed by atoms with Crippen LogP contribution in [0.15, 0.2) is 18.2 Å². The van der Waals surface area contributed by atoms with E-state index in [-0.39, 0.29) is 11.9 Å². The van der Waals surface area contributed by atoms with Crippen LogP contribution in [0.25, 0.3) is 0 Å². The number of hydrogen-bond acceptors (Lipinski definition) is 1. The summed E-state index contributed by atoms with van der Waals surface area (Å²) in [7, 11) is 5.40. The van der Waals surface area contributed by atoms with Crippen LogP contribution >= 0.6 is 0 Å². The van der Waals surface area contributed by atoms with Crippen LogP contribution in [0.4, 0.5) is 4.39 Å². The van der Waals surface area contributed by atoms with Gasteiger partial charge in [0.15, 0.2) is 0 Å². The molecule has 0 aromatic heterocycles. The highest BCUT2D eigenvalue weighted by molar-refractivity contribution is 6.32. The third-order valence-corrected chi connectivity index (χ3v) is 1.47. The summed E-state index contributed by atoms with van der Waals surface area (Å²) in [5.74, 6) is -0.336. The highest BCUT2D eigenvalue weighted by Crippen LogP contribution is 2.08. The lowest BCUT2D eigenvalue weighted by molar-refractivity contribution is 0.623. The van der Waals surface area contributed by atoms with Crippen molar-refractivity contribution in [1.29, 1.82) is 0 Å². The maximum Gasteiger partial charge on any atom is 0.122 e. The molecule has 3 heteroatoms. The van der Waals surface area contributed by atoms with E-state index in [0.717, 1.165) is 5.56 Å². The molecular weight excluding hydrogens is 140 g/mol. The average Bonchev–Trinajstić information content (AvgIpc) is 1.85. The van der Waals surface area contributed by atoms with Gasteiger partial charge in [0.25, 0.3) is 0 Å². The normalized spacial score (nSPS) is 13.0. The van der Waals surface area contributed by atoms with Crippen molar-refractivity contribution >= 4 is 13.3 Å². The Morgan fingerprint density at radius 3 is 2.55 bits per heavy atom. The topological polar surface area (TPSA) is 26.0 Å². The fourth-order valence-electron chi connectivity index (χ4n) is 0.899. The van der Waals surface area contributed by atoms with Gasteiger partial charge in [-0.15, -0.1) is 0 Å². The van der Waals surface area contributed by atoms with E-state index in [9.17, 15) is 4.39 Å². The lowest BCUT2D eigenvalue weighted by Gasteiger charge is -2.06. The predicted octanol–water partition coefficient (Wildman–Crippen LogP) is 0.639. The predicted molar refractivity (Wildman–Crippen MR) is 44.4 cm³/mol. The maximum atomic E-state index is 12.7. The molecule has 1 aromatic carbocycles. The molecule has 0 fully saturated rings. The Morgan fingerprint density at radius 2 is 2.09 bits per heavy atom. The summed E-state index contributed by atoms with van der Waals surface area (Å²) in [5.41, 5.74) is 6.67. The molecule has 1 aromatic rings. The Morgan fingerprint density at radius 1 is 1.45 bits per heavy atom. The minimum atomic E-state index is -0.336.